The van der Waals surface area contributed by atoms with Crippen LogP contribution in [-0.4, -0.2) is 43.8 Å². The quantitative estimate of drug-likeness (QED) is 0.155. The first-order valence-corrected chi connectivity index (χ1v) is 17.4. The predicted molar refractivity (Wildman–Crippen MR) is 186 cm³/mol. The Morgan fingerprint density at radius 3 is 2.13 bits per heavy atom. The summed E-state index contributed by atoms with van der Waals surface area (Å²) in [6, 6.07) is 25.8. The van der Waals surface area contributed by atoms with E-state index in [0.717, 1.165) is 15.4 Å². The number of nitrogens with one attached hydrogen (secondary N) is 1. The summed E-state index contributed by atoms with van der Waals surface area (Å²) >= 11 is 19.3. The van der Waals surface area contributed by atoms with Gasteiger partial charge >= 0.3 is 0 Å². The number of carbonyl (C=O) groups excluding carboxylic acids is 2. The van der Waals surface area contributed by atoms with Gasteiger partial charge in [-0.1, -0.05) is 108 Å². The first-order chi connectivity index (χ1) is 21.9. The van der Waals surface area contributed by atoms with Crippen molar-refractivity contribution in [2.45, 2.75) is 57.1 Å². The molecule has 0 aliphatic carbocycles. The molecule has 0 aliphatic rings. The second-order valence-corrected chi connectivity index (χ2v) is 14.2. The number of carbonyl (C=O) groups is 2. The molecule has 0 saturated heterocycles. The van der Waals surface area contributed by atoms with Crippen molar-refractivity contribution in [3.05, 3.63) is 129 Å². The summed E-state index contributed by atoms with van der Waals surface area (Å²) in [4.78, 5) is 29.9. The highest BCUT2D eigenvalue weighted by Crippen LogP contribution is 2.31. The molecule has 7 nitrogen and oxygen atoms in total. The number of para-hydroxylation sites is 1. The Morgan fingerprint density at radius 1 is 0.848 bits per heavy atom. The van der Waals surface area contributed by atoms with Gasteiger partial charge in [-0.3, -0.25) is 13.9 Å². The molecule has 0 aromatic heterocycles. The van der Waals surface area contributed by atoms with Crippen molar-refractivity contribution in [2.75, 3.05) is 10.8 Å². The molecule has 0 aliphatic heterocycles. The van der Waals surface area contributed by atoms with Gasteiger partial charge in [0.2, 0.25) is 11.8 Å². The molecule has 4 aromatic rings. The van der Waals surface area contributed by atoms with Crippen molar-refractivity contribution < 1.29 is 18.0 Å². The maximum atomic E-state index is 14.6. The van der Waals surface area contributed by atoms with E-state index >= 15 is 0 Å². The van der Waals surface area contributed by atoms with Crippen LogP contribution in [0.3, 0.4) is 0 Å². The van der Waals surface area contributed by atoms with Crippen LogP contribution in [0.2, 0.25) is 15.1 Å². The topological polar surface area (TPSA) is 86.8 Å². The molecule has 11 heteroatoms. The average Bonchev–Trinajstić information content (AvgIpc) is 3.03. The van der Waals surface area contributed by atoms with Crippen LogP contribution >= 0.6 is 34.8 Å². The minimum atomic E-state index is -4.28. The highest BCUT2D eigenvalue weighted by molar-refractivity contribution is 7.92. The molecule has 242 valence electrons. The highest BCUT2D eigenvalue weighted by atomic mass is 35.5. The van der Waals surface area contributed by atoms with Gasteiger partial charge in [0.1, 0.15) is 12.6 Å². The molecule has 4 aromatic carbocycles. The van der Waals surface area contributed by atoms with Crippen molar-refractivity contribution in [1.82, 2.24) is 10.2 Å². The molecule has 0 saturated carbocycles. The summed E-state index contributed by atoms with van der Waals surface area (Å²) in [6.45, 7) is 4.97. The lowest BCUT2D eigenvalue weighted by atomic mass is 10.0. The van der Waals surface area contributed by atoms with Crippen LogP contribution in [-0.2, 0) is 32.6 Å². The molecular formula is C35H36Cl3N3O4S. The fraction of sp³-hybridized carbons (Fsp3) is 0.257. The lowest BCUT2D eigenvalue weighted by Crippen LogP contribution is -2.54. The summed E-state index contributed by atoms with van der Waals surface area (Å²) in [6.07, 6.45) is 0.854. The van der Waals surface area contributed by atoms with Gasteiger partial charge in [0.15, 0.2) is 0 Å². The number of hydrogen-bond donors (Lipinski definition) is 1. The van der Waals surface area contributed by atoms with Crippen LogP contribution in [0.25, 0.3) is 0 Å². The average molecular weight is 701 g/mol. The van der Waals surface area contributed by atoms with E-state index in [2.05, 4.69) is 5.32 Å². The summed E-state index contributed by atoms with van der Waals surface area (Å²) in [5.74, 6) is -0.996. The zero-order valence-electron chi connectivity index (χ0n) is 25.8. The number of anilines is 1. The first kappa shape index (κ1) is 35.3. The van der Waals surface area contributed by atoms with E-state index in [9.17, 15) is 18.0 Å². The Labute approximate surface area is 286 Å². The summed E-state index contributed by atoms with van der Waals surface area (Å²) < 4.78 is 29.3. The van der Waals surface area contributed by atoms with Crippen molar-refractivity contribution in [1.29, 1.82) is 0 Å². The summed E-state index contributed by atoms with van der Waals surface area (Å²) in [5, 5.41) is 3.88. The number of aryl methyl sites for hydroxylation is 1. The van der Waals surface area contributed by atoms with Gasteiger partial charge in [-0.2, -0.15) is 0 Å². The molecule has 46 heavy (non-hydrogen) atoms. The summed E-state index contributed by atoms with van der Waals surface area (Å²) in [7, 11) is -4.28. The van der Waals surface area contributed by atoms with Crippen LogP contribution in [0.5, 0.6) is 0 Å². The second kappa shape index (κ2) is 15.8. The normalized spacial score (nSPS) is 12.7. The van der Waals surface area contributed by atoms with Gasteiger partial charge in [0, 0.05) is 29.1 Å². The molecule has 2 atom stereocenters. The Morgan fingerprint density at radius 2 is 1.50 bits per heavy atom. The van der Waals surface area contributed by atoms with Crippen LogP contribution in [0.1, 0.15) is 37.0 Å². The number of sulfonamides is 1. The van der Waals surface area contributed by atoms with Crippen molar-refractivity contribution >= 4 is 62.3 Å². The first-order valence-electron chi connectivity index (χ1n) is 14.8. The van der Waals surface area contributed by atoms with E-state index in [0.29, 0.717) is 22.0 Å². The molecule has 0 spiro atoms. The second-order valence-electron chi connectivity index (χ2n) is 11.1. The van der Waals surface area contributed by atoms with Crippen LogP contribution < -0.4 is 9.62 Å². The lowest BCUT2D eigenvalue weighted by Gasteiger charge is -2.34. The summed E-state index contributed by atoms with van der Waals surface area (Å²) in [5.41, 5.74) is 2.37. The highest BCUT2D eigenvalue weighted by Gasteiger charge is 2.35. The maximum Gasteiger partial charge on any atom is 0.264 e. The van der Waals surface area contributed by atoms with Gasteiger partial charge in [0.25, 0.3) is 10.0 Å². The van der Waals surface area contributed by atoms with E-state index in [1.165, 1.54) is 17.0 Å². The molecule has 0 radical (unpaired) electrons. The molecule has 0 fully saturated rings. The monoisotopic (exact) mass is 699 g/mol. The maximum absolute atomic E-state index is 14.6. The van der Waals surface area contributed by atoms with Gasteiger partial charge in [-0.05, 0) is 67.8 Å². The zero-order chi connectivity index (χ0) is 33.4. The SMILES string of the molecule is CC[C@@H](C)NC(=O)[C@@H](Cc1ccccc1)N(Cc1ccc(Cl)cc1Cl)C(=O)CN(c1ccccc1Cl)S(=O)(=O)c1ccc(C)cc1. The molecule has 2 amide bonds. The van der Waals surface area contributed by atoms with Gasteiger partial charge < -0.3 is 10.2 Å². The Balaban J connectivity index is 1.84. The van der Waals surface area contributed by atoms with Gasteiger partial charge in [0.05, 0.1) is 15.6 Å². The molecule has 4 rings (SSSR count). The van der Waals surface area contributed by atoms with E-state index in [4.69, 9.17) is 34.8 Å². The minimum Gasteiger partial charge on any atom is -0.352 e. The van der Waals surface area contributed by atoms with Gasteiger partial charge in [-0.25, -0.2) is 8.42 Å². The third-order valence-electron chi connectivity index (χ3n) is 7.64. The van der Waals surface area contributed by atoms with E-state index in [1.54, 1.807) is 54.6 Å². The lowest BCUT2D eigenvalue weighted by molar-refractivity contribution is -0.140. The number of rotatable bonds is 13. The number of benzene rings is 4. The minimum absolute atomic E-state index is 0.00605. The molecule has 0 bridgehead atoms. The van der Waals surface area contributed by atoms with Crippen molar-refractivity contribution in [2.24, 2.45) is 0 Å². The number of amides is 2. The van der Waals surface area contributed by atoms with E-state index in [-0.39, 0.29) is 40.5 Å². The van der Waals surface area contributed by atoms with Crippen LogP contribution in [0.15, 0.2) is 102 Å². The third kappa shape index (κ3) is 8.82. The van der Waals surface area contributed by atoms with E-state index in [1.807, 2.05) is 51.1 Å². The molecule has 0 heterocycles. The Kier molecular flexibility index (Phi) is 12.1. The Bertz CT molecular complexity index is 1770. The Hall–Kier alpha value is -3.56. The number of nitrogens with zero attached hydrogens (tertiary/aromatic N) is 2. The largest absolute Gasteiger partial charge is 0.352 e. The third-order valence-corrected chi connectivity index (χ3v) is 10.3. The fourth-order valence-electron chi connectivity index (χ4n) is 4.83. The zero-order valence-corrected chi connectivity index (χ0v) is 28.9. The predicted octanol–water partition coefficient (Wildman–Crippen LogP) is 7.71. The van der Waals surface area contributed by atoms with Crippen LogP contribution in [0.4, 0.5) is 5.69 Å². The molecular weight excluding hydrogens is 665 g/mol. The van der Waals surface area contributed by atoms with Crippen molar-refractivity contribution in [3.8, 4) is 0 Å². The smallest absolute Gasteiger partial charge is 0.264 e. The number of hydrogen-bond acceptors (Lipinski definition) is 4. The fourth-order valence-corrected chi connectivity index (χ4v) is 7.02. The molecule has 1 N–H and O–H groups in total. The standard InChI is InChI=1S/C35H36Cl3N3O4S/c1-4-25(3)39-35(43)33(20-26-10-6-5-7-11-26)40(22-27-16-17-28(36)21-31(27)38)34(42)23-41(32-13-9-8-12-30(32)37)46(44,45)29-18-14-24(2)15-19-29/h5-19,21,25,33H,4,20,22-23H2,1-3H3,(H,39,43)/t25-,33-/m1/s1. The number of halogens is 3. The molecule has 0 unspecified atom stereocenters. The van der Waals surface area contributed by atoms with Crippen molar-refractivity contribution in [3.63, 3.8) is 0 Å². The van der Waals surface area contributed by atoms with Gasteiger partial charge in [-0.15, -0.1) is 0 Å². The van der Waals surface area contributed by atoms with Crippen LogP contribution in [0, 0.1) is 6.92 Å². The van der Waals surface area contributed by atoms with E-state index < -0.39 is 28.5 Å².